The lowest BCUT2D eigenvalue weighted by Crippen LogP contribution is -2.47. The molecule has 0 saturated carbocycles. The molecular weight excluding hydrogens is 404 g/mol. The van der Waals surface area contributed by atoms with Gasteiger partial charge in [-0.1, -0.05) is 12.1 Å². The van der Waals surface area contributed by atoms with Crippen LogP contribution in [0.3, 0.4) is 0 Å². The summed E-state index contributed by atoms with van der Waals surface area (Å²) < 4.78 is 0. The summed E-state index contributed by atoms with van der Waals surface area (Å²) in [7, 11) is 0. The predicted molar refractivity (Wildman–Crippen MR) is 123 cm³/mol. The molecule has 2 saturated heterocycles. The van der Waals surface area contributed by atoms with Crippen molar-refractivity contribution in [3.63, 3.8) is 0 Å². The number of amides is 2. The zero-order valence-electron chi connectivity index (χ0n) is 18.7. The molecule has 2 fully saturated rings. The maximum atomic E-state index is 12.7. The minimum Gasteiger partial charge on any atom is -0.369 e. The molecule has 3 N–H and O–H groups in total. The van der Waals surface area contributed by atoms with E-state index >= 15 is 0 Å². The van der Waals surface area contributed by atoms with Gasteiger partial charge < -0.3 is 16.0 Å². The van der Waals surface area contributed by atoms with Gasteiger partial charge in [-0.25, -0.2) is 9.97 Å². The summed E-state index contributed by atoms with van der Waals surface area (Å²) in [6.07, 6.45) is 5.09. The van der Waals surface area contributed by atoms with Gasteiger partial charge in [-0.15, -0.1) is 0 Å². The Bertz CT molecular complexity index is 949. The molecule has 2 aliphatic rings. The number of aromatic nitrogens is 2. The van der Waals surface area contributed by atoms with Gasteiger partial charge in [-0.05, 0) is 69.5 Å². The number of aryl methyl sites for hydroxylation is 1. The molecule has 8 nitrogen and oxygen atoms in total. The van der Waals surface area contributed by atoms with Crippen molar-refractivity contribution in [2.45, 2.75) is 38.5 Å². The second-order valence-electron chi connectivity index (χ2n) is 8.85. The zero-order valence-corrected chi connectivity index (χ0v) is 18.7. The number of carbonyl (C=O) groups is 2. The second kappa shape index (κ2) is 10.1. The molecule has 8 heteroatoms. The molecule has 170 valence electrons. The van der Waals surface area contributed by atoms with Crippen LogP contribution in [0.4, 0.5) is 11.6 Å². The van der Waals surface area contributed by atoms with Crippen LogP contribution in [0.25, 0.3) is 0 Å². The third kappa shape index (κ3) is 5.43. The number of likely N-dealkylation sites (tertiary alicyclic amines) is 2. The SMILES string of the molecule is Cc1cccnc1Nc1cccc(C2CCN(CC(=O)N3CCC(C(N)=O)CC3)CC2)n1. The number of nitrogens with zero attached hydrogens (tertiary/aromatic N) is 4. The fourth-order valence-electron chi connectivity index (χ4n) is 4.58. The number of piperidine rings is 2. The van der Waals surface area contributed by atoms with Crippen molar-refractivity contribution in [1.29, 1.82) is 0 Å². The molecule has 2 aromatic heterocycles. The van der Waals surface area contributed by atoms with E-state index in [2.05, 4.69) is 21.3 Å². The van der Waals surface area contributed by atoms with Gasteiger partial charge in [0.15, 0.2) is 0 Å². The fourth-order valence-corrected chi connectivity index (χ4v) is 4.58. The molecule has 0 bridgehead atoms. The molecule has 0 aromatic carbocycles. The lowest BCUT2D eigenvalue weighted by atomic mass is 9.93. The molecule has 4 rings (SSSR count). The van der Waals surface area contributed by atoms with E-state index in [0.29, 0.717) is 38.4 Å². The Hall–Kier alpha value is -3.00. The van der Waals surface area contributed by atoms with Crippen LogP contribution in [-0.2, 0) is 9.59 Å². The van der Waals surface area contributed by atoms with Gasteiger partial charge in [-0.2, -0.15) is 0 Å². The maximum absolute atomic E-state index is 12.7. The van der Waals surface area contributed by atoms with Gasteiger partial charge in [0, 0.05) is 36.8 Å². The highest BCUT2D eigenvalue weighted by atomic mass is 16.2. The summed E-state index contributed by atoms with van der Waals surface area (Å²) in [6.45, 7) is 5.49. The highest BCUT2D eigenvalue weighted by Crippen LogP contribution is 2.28. The van der Waals surface area contributed by atoms with E-state index in [0.717, 1.165) is 48.8 Å². The van der Waals surface area contributed by atoms with Gasteiger partial charge in [0.2, 0.25) is 11.8 Å². The third-order valence-corrected chi connectivity index (χ3v) is 6.64. The topological polar surface area (TPSA) is 104 Å². The van der Waals surface area contributed by atoms with Crippen LogP contribution in [-0.4, -0.2) is 64.3 Å². The number of hydrogen-bond donors (Lipinski definition) is 2. The first-order valence-electron chi connectivity index (χ1n) is 11.4. The molecule has 2 amide bonds. The van der Waals surface area contributed by atoms with Crippen molar-refractivity contribution in [2.75, 3.05) is 38.0 Å². The van der Waals surface area contributed by atoms with Gasteiger partial charge in [-0.3, -0.25) is 14.5 Å². The fraction of sp³-hybridized carbons (Fsp3) is 0.500. The van der Waals surface area contributed by atoms with E-state index in [-0.39, 0.29) is 17.7 Å². The van der Waals surface area contributed by atoms with Crippen LogP contribution in [0.2, 0.25) is 0 Å². The molecule has 0 spiro atoms. The van der Waals surface area contributed by atoms with Crippen LogP contribution in [0, 0.1) is 12.8 Å². The monoisotopic (exact) mass is 436 g/mol. The number of nitrogens with two attached hydrogens (primary N) is 1. The molecule has 0 aliphatic carbocycles. The Morgan fingerprint density at radius 1 is 1.06 bits per heavy atom. The van der Waals surface area contributed by atoms with Crippen LogP contribution < -0.4 is 11.1 Å². The van der Waals surface area contributed by atoms with E-state index in [9.17, 15) is 9.59 Å². The van der Waals surface area contributed by atoms with E-state index < -0.39 is 0 Å². The van der Waals surface area contributed by atoms with Crippen molar-refractivity contribution in [3.05, 3.63) is 47.8 Å². The molecular formula is C24H32N6O2. The Balaban J connectivity index is 1.27. The van der Waals surface area contributed by atoms with E-state index in [1.807, 2.05) is 36.1 Å². The standard InChI is InChI=1S/C24H32N6O2/c1-17-4-3-11-26-24(17)28-21-6-2-5-20(27-21)18-7-12-29(13-8-18)16-22(31)30-14-9-19(10-15-30)23(25)32/h2-6,11,18-19H,7-10,12-16H2,1H3,(H2,25,32)(H,26,27,28). The number of nitrogens with one attached hydrogen (secondary N) is 1. The Labute approximate surface area is 189 Å². The third-order valence-electron chi connectivity index (χ3n) is 6.64. The number of pyridine rings is 2. The first-order chi connectivity index (χ1) is 15.5. The van der Waals surface area contributed by atoms with E-state index in [1.165, 1.54) is 0 Å². The first-order valence-corrected chi connectivity index (χ1v) is 11.4. The van der Waals surface area contributed by atoms with E-state index in [1.54, 1.807) is 6.20 Å². The normalized spacial score (nSPS) is 18.5. The van der Waals surface area contributed by atoms with Gasteiger partial charge in [0.25, 0.3) is 0 Å². The van der Waals surface area contributed by atoms with Gasteiger partial charge in [0.05, 0.1) is 6.54 Å². The van der Waals surface area contributed by atoms with Gasteiger partial charge in [0.1, 0.15) is 11.6 Å². The van der Waals surface area contributed by atoms with Gasteiger partial charge >= 0.3 is 0 Å². The van der Waals surface area contributed by atoms with Crippen LogP contribution in [0.5, 0.6) is 0 Å². The Kier molecular flexibility index (Phi) is 6.99. The number of carbonyl (C=O) groups excluding carboxylic acids is 2. The number of anilines is 2. The second-order valence-corrected chi connectivity index (χ2v) is 8.85. The summed E-state index contributed by atoms with van der Waals surface area (Å²) in [5.74, 6) is 1.84. The highest BCUT2D eigenvalue weighted by Gasteiger charge is 2.28. The summed E-state index contributed by atoms with van der Waals surface area (Å²) in [5, 5.41) is 3.32. The van der Waals surface area contributed by atoms with Crippen molar-refractivity contribution in [1.82, 2.24) is 19.8 Å². The smallest absolute Gasteiger partial charge is 0.236 e. The molecule has 4 heterocycles. The average Bonchev–Trinajstić information content (AvgIpc) is 2.81. The molecule has 2 aliphatic heterocycles. The average molecular weight is 437 g/mol. The molecule has 0 atom stereocenters. The van der Waals surface area contributed by atoms with E-state index in [4.69, 9.17) is 10.7 Å². The largest absolute Gasteiger partial charge is 0.369 e. The molecule has 0 unspecified atom stereocenters. The summed E-state index contributed by atoms with van der Waals surface area (Å²) in [6, 6.07) is 10.0. The summed E-state index contributed by atoms with van der Waals surface area (Å²) in [4.78, 5) is 37.3. The summed E-state index contributed by atoms with van der Waals surface area (Å²) in [5.41, 5.74) is 7.56. The molecule has 32 heavy (non-hydrogen) atoms. The van der Waals surface area contributed by atoms with Crippen molar-refractivity contribution in [3.8, 4) is 0 Å². The van der Waals surface area contributed by atoms with Crippen molar-refractivity contribution < 1.29 is 9.59 Å². The first kappa shape index (κ1) is 22.2. The minimum absolute atomic E-state index is 0.0888. The molecule has 0 radical (unpaired) electrons. The van der Waals surface area contributed by atoms with Crippen LogP contribution >= 0.6 is 0 Å². The Morgan fingerprint density at radius 3 is 2.50 bits per heavy atom. The van der Waals surface area contributed by atoms with Crippen molar-refractivity contribution in [2.24, 2.45) is 11.7 Å². The number of rotatable bonds is 6. The lowest BCUT2D eigenvalue weighted by Gasteiger charge is -2.35. The predicted octanol–water partition coefficient (Wildman–Crippen LogP) is 2.43. The Morgan fingerprint density at radius 2 is 1.81 bits per heavy atom. The summed E-state index contributed by atoms with van der Waals surface area (Å²) >= 11 is 0. The van der Waals surface area contributed by atoms with Crippen molar-refractivity contribution >= 4 is 23.5 Å². The van der Waals surface area contributed by atoms with Crippen LogP contribution in [0.15, 0.2) is 36.5 Å². The maximum Gasteiger partial charge on any atom is 0.236 e. The number of primary amides is 1. The minimum atomic E-state index is -0.248. The lowest BCUT2D eigenvalue weighted by molar-refractivity contribution is -0.136. The highest BCUT2D eigenvalue weighted by molar-refractivity contribution is 5.80. The van der Waals surface area contributed by atoms with Crippen LogP contribution in [0.1, 0.15) is 42.9 Å². The molecule has 2 aromatic rings. The zero-order chi connectivity index (χ0) is 22.5. The quantitative estimate of drug-likeness (QED) is 0.721. The number of hydrogen-bond acceptors (Lipinski definition) is 6.